The average Bonchev–Trinajstić information content (AvgIpc) is 3.01. The number of carbonyl (C=O) groups excluding carboxylic acids is 1. The van der Waals surface area contributed by atoms with Gasteiger partial charge in [-0.25, -0.2) is 0 Å². The first-order valence-electron chi connectivity index (χ1n) is 8.24. The highest BCUT2D eigenvalue weighted by atomic mass is 35.5. The van der Waals surface area contributed by atoms with E-state index in [1.54, 1.807) is 7.11 Å². The normalized spacial score (nSPS) is 10.8. The molecule has 1 aromatic carbocycles. The summed E-state index contributed by atoms with van der Waals surface area (Å²) in [6, 6.07) is 7.54. The second kappa shape index (κ2) is 10.4. The summed E-state index contributed by atoms with van der Waals surface area (Å²) in [5.41, 5.74) is 0.830. The van der Waals surface area contributed by atoms with Crippen molar-refractivity contribution in [3.63, 3.8) is 0 Å². The summed E-state index contributed by atoms with van der Waals surface area (Å²) in [6.07, 6.45) is 1.74. The van der Waals surface area contributed by atoms with E-state index in [0.29, 0.717) is 41.5 Å². The Hall–Kier alpha value is -1.57. The fourth-order valence-corrected chi connectivity index (χ4v) is 3.27. The standard InChI is InChI=1S/C17H23ClN4O2S/c1-3-9-19-15(23)12-25-17-21-20-16(22(17)10-6-11-24-2)13-7-4-5-8-14(13)18/h4-5,7-8H,3,6,9-12H2,1-2H3,(H,19,23). The number of thioether (sulfide) groups is 1. The van der Waals surface area contributed by atoms with Crippen molar-refractivity contribution in [1.82, 2.24) is 20.1 Å². The monoisotopic (exact) mass is 382 g/mol. The van der Waals surface area contributed by atoms with Crippen molar-refractivity contribution >= 4 is 29.3 Å². The number of ether oxygens (including phenoxy) is 1. The highest BCUT2D eigenvalue weighted by Crippen LogP contribution is 2.29. The van der Waals surface area contributed by atoms with E-state index in [0.717, 1.165) is 18.4 Å². The van der Waals surface area contributed by atoms with Gasteiger partial charge in [0, 0.05) is 32.4 Å². The Balaban J connectivity index is 2.18. The first-order chi connectivity index (χ1) is 12.2. The summed E-state index contributed by atoms with van der Waals surface area (Å²) < 4.78 is 7.14. The molecule has 0 aliphatic carbocycles. The number of amides is 1. The lowest BCUT2D eigenvalue weighted by Crippen LogP contribution is -2.25. The lowest BCUT2D eigenvalue weighted by molar-refractivity contribution is -0.118. The minimum atomic E-state index is -0.00224. The van der Waals surface area contributed by atoms with Gasteiger partial charge in [0.25, 0.3) is 0 Å². The zero-order valence-corrected chi connectivity index (χ0v) is 16.1. The zero-order valence-electron chi connectivity index (χ0n) is 14.5. The number of methoxy groups -OCH3 is 1. The second-order valence-electron chi connectivity index (χ2n) is 5.42. The van der Waals surface area contributed by atoms with Gasteiger partial charge in [0.2, 0.25) is 5.91 Å². The van der Waals surface area contributed by atoms with Gasteiger partial charge in [-0.05, 0) is 25.0 Å². The molecule has 2 aromatic rings. The van der Waals surface area contributed by atoms with E-state index in [1.807, 2.05) is 35.8 Å². The van der Waals surface area contributed by atoms with Gasteiger partial charge in [0.05, 0.1) is 10.8 Å². The summed E-state index contributed by atoms with van der Waals surface area (Å²) in [5, 5.41) is 12.8. The number of benzene rings is 1. The average molecular weight is 383 g/mol. The van der Waals surface area contributed by atoms with Crippen LogP contribution in [-0.4, -0.2) is 46.7 Å². The predicted molar refractivity (Wildman–Crippen MR) is 101 cm³/mol. The molecule has 6 nitrogen and oxygen atoms in total. The van der Waals surface area contributed by atoms with Gasteiger partial charge in [-0.3, -0.25) is 4.79 Å². The van der Waals surface area contributed by atoms with Crippen LogP contribution in [0.1, 0.15) is 19.8 Å². The third-order valence-corrected chi connectivity index (χ3v) is 4.76. The van der Waals surface area contributed by atoms with Gasteiger partial charge in [-0.15, -0.1) is 10.2 Å². The minimum absolute atomic E-state index is 0.00224. The van der Waals surface area contributed by atoms with Crippen LogP contribution >= 0.6 is 23.4 Å². The van der Waals surface area contributed by atoms with Crippen LogP contribution in [0.4, 0.5) is 0 Å². The van der Waals surface area contributed by atoms with E-state index >= 15 is 0 Å². The first kappa shape index (κ1) is 19.8. The molecule has 0 aliphatic rings. The van der Waals surface area contributed by atoms with Crippen molar-refractivity contribution in [2.45, 2.75) is 31.5 Å². The molecule has 0 saturated carbocycles. The lowest BCUT2D eigenvalue weighted by atomic mass is 10.2. The summed E-state index contributed by atoms with van der Waals surface area (Å²) in [7, 11) is 1.68. The molecule has 0 bridgehead atoms. The Labute approximate surface area is 157 Å². The predicted octanol–water partition coefficient (Wildman–Crippen LogP) is 3.25. The van der Waals surface area contributed by atoms with Crippen LogP contribution in [-0.2, 0) is 16.1 Å². The molecule has 1 N–H and O–H groups in total. The van der Waals surface area contributed by atoms with Gasteiger partial charge < -0.3 is 14.6 Å². The Bertz CT molecular complexity index is 693. The van der Waals surface area contributed by atoms with Crippen molar-refractivity contribution in [2.75, 3.05) is 26.0 Å². The molecule has 0 radical (unpaired) electrons. The molecule has 0 atom stereocenters. The van der Waals surface area contributed by atoms with E-state index in [2.05, 4.69) is 15.5 Å². The Morgan fingerprint density at radius 1 is 1.36 bits per heavy atom. The van der Waals surface area contributed by atoms with Crippen molar-refractivity contribution in [2.24, 2.45) is 0 Å². The summed E-state index contributed by atoms with van der Waals surface area (Å²) in [5.74, 6) is 1.01. The molecule has 0 aliphatic heterocycles. The van der Waals surface area contributed by atoms with Gasteiger partial charge in [0.1, 0.15) is 0 Å². The zero-order chi connectivity index (χ0) is 18.1. The van der Waals surface area contributed by atoms with E-state index in [1.165, 1.54) is 11.8 Å². The van der Waals surface area contributed by atoms with Crippen molar-refractivity contribution in [3.05, 3.63) is 29.3 Å². The molecule has 8 heteroatoms. The van der Waals surface area contributed by atoms with Crippen molar-refractivity contribution in [1.29, 1.82) is 0 Å². The van der Waals surface area contributed by atoms with Crippen molar-refractivity contribution in [3.8, 4) is 11.4 Å². The Morgan fingerprint density at radius 3 is 2.88 bits per heavy atom. The molecular weight excluding hydrogens is 360 g/mol. The molecule has 1 amide bonds. The molecule has 136 valence electrons. The van der Waals surface area contributed by atoms with Gasteiger partial charge in [-0.2, -0.15) is 0 Å². The topological polar surface area (TPSA) is 69.0 Å². The van der Waals surface area contributed by atoms with Crippen LogP contribution in [0.5, 0.6) is 0 Å². The smallest absolute Gasteiger partial charge is 0.230 e. The van der Waals surface area contributed by atoms with Crippen molar-refractivity contribution < 1.29 is 9.53 Å². The molecule has 25 heavy (non-hydrogen) atoms. The van der Waals surface area contributed by atoms with Crippen LogP contribution in [0.25, 0.3) is 11.4 Å². The molecule has 0 spiro atoms. The van der Waals surface area contributed by atoms with E-state index in [-0.39, 0.29) is 5.91 Å². The number of halogens is 1. The number of hydrogen-bond acceptors (Lipinski definition) is 5. The summed E-state index contributed by atoms with van der Waals surface area (Å²) >= 11 is 7.69. The molecule has 0 fully saturated rings. The Morgan fingerprint density at radius 2 is 2.16 bits per heavy atom. The largest absolute Gasteiger partial charge is 0.385 e. The minimum Gasteiger partial charge on any atom is -0.385 e. The highest BCUT2D eigenvalue weighted by Gasteiger charge is 2.17. The molecule has 0 unspecified atom stereocenters. The first-order valence-corrected chi connectivity index (χ1v) is 9.60. The van der Waals surface area contributed by atoms with E-state index < -0.39 is 0 Å². The SMILES string of the molecule is CCCNC(=O)CSc1nnc(-c2ccccc2Cl)n1CCCOC. The van der Waals surface area contributed by atoms with Crippen LogP contribution in [0, 0.1) is 0 Å². The number of hydrogen-bond donors (Lipinski definition) is 1. The number of nitrogens with zero attached hydrogens (tertiary/aromatic N) is 3. The maximum absolute atomic E-state index is 11.8. The maximum atomic E-state index is 11.8. The van der Waals surface area contributed by atoms with Crippen LogP contribution in [0.15, 0.2) is 29.4 Å². The highest BCUT2D eigenvalue weighted by molar-refractivity contribution is 7.99. The molecule has 0 saturated heterocycles. The van der Waals surface area contributed by atoms with Gasteiger partial charge >= 0.3 is 0 Å². The Kier molecular flexibility index (Phi) is 8.24. The quantitative estimate of drug-likeness (QED) is 0.504. The van der Waals surface area contributed by atoms with Crippen LogP contribution in [0.3, 0.4) is 0 Å². The van der Waals surface area contributed by atoms with Gasteiger partial charge in [0.15, 0.2) is 11.0 Å². The lowest BCUT2D eigenvalue weighted by Gasteiger charge is -2.11. The molecule has 1 heterocycles. The van der Waals surface area contributed by atoms with Crippen LogP contribution < -0.4 is 5.32 Å². The summed E-state index contributed by atoms with van der Waals surface area (Å²) in [4.78, 5) is 11.8. The van der Waals surface area contributed by atoms with Crippen LogP contribution in [0.2, 0.25) is 5.02 Å². The third kappa shape index (κ3) is 5.73. The third-order valence-electron chi connectivity index (χ3n) is 3.47. The number of rotatable bonds is 10. The fourth-order valence-electron chi connectivity index (χ4n) is 2.25. The van der Waals surface area contributed by atoms with Gasteiger partial charge in [-0.1, -0.05) is 42.4 Å². The number of carbonyl (C=O) groups is 1. The van der Waals surface area contributed by atoms with E-state index in [4.69, 9.17) is 16.3 Å². The number of nitrogens with one attached hydrogen (secondary N) is 1. The van der Waals surface area contributed by atoms with E-state index in [9.17, 15) is 4.79 Å². The molecule has 2 rings (SSSR count). The summed E-state index contributed by atoms with van der Waals surface area (Å²) in [6.45, 7) is 4.04. The molecular formula is C17H23ClN4O2S. The molecule has 1 aromatic heterocycles. The second-order valence-corrected chi connectivity index (χ2v) is 6.77. The number of aromatic nitrogens is 3. The fraction of sp³-hybridized carbons (Fsp3) is 0.471. The maximum Gasteiger partial charge on any atom is 0.230 e.